The number of carbonyl (C=O) groups is 1. The maximum absolute atomic E-state index is 11.4. The molecule has 0 radical (unpaired) electrons. The zero-order chi connectivity index (χ0) is 12.8. The van der Waals surface area contributed by atoms with Gasteiger partial charge in [0.05, 0.1) is 11.4 Å². The number of nitrogens with two attached hydrogens (primary N) is 1. The van der Waals surface area contributed by atoms with Crippen LogP contribution in [0.1, 0.15) is 25.8 Å². The number of nitrogen functional groups attached to an aromatic ring is 1. The Labute approximate surface area is 103 Å². The van der Waals surface area contributed by atoms with E-state index in [1.54, 1.807) is 0 Å². The predicted molar refractivity (Wildman–Crippen MR) is 72.0 cm³/mol. The van der Waals surface area contributed by atoms with Crippen LogP contribution < -0.4 is 16.4 Å². The molecule has 4 nitrogen and oxygen atoms in total. The SMILES string of the molecule is Cc1cccc(NCCC(=O)NC(C)C)c1N. The van der Waals surface area contributed by atoms with E-state index in [2.05, 4.69) is 10.6 Å². The molecule has 1 aromatic carbocycles. The third kappa shape index (κ3) is 4.34. The van der Waals surface area contributed by atoms with Gasteiger partial charge in [0.25, 0.3) is 0 Å². The molecule has 0 fully saturated rings. The molecule has 0 aromatic heterocycles. The van der Waals surface area contributed by atoms with Crippen molar-refractivity contribution in [2.45, 2.75) is 33.2 Å². The fourth-order valence-electron chi connectivity index (χ4n) is 1.54. The maximum Gasteiger partial charge on any atom is 0.221 e. The summed E-state index contributed by atoms with van der Waals surface area (Å²) in [7, 11) is 0. The van der Waals surface area contributed by atoms with Gasteiger partial charge in [-0.25, -0.2) is 0 Å². The van der Waals surface area contributed by atoms with E-state index >= 15 is 0 Å². The number of anilines is 2. The lowest BCUT2D eigenvalue weighted by atomic mass is 10.1. The Hall–Kier alpha value is -1.71. The number of para-hydroxylation sites is 1. The third-order valence-corrected chi connectivity index (χ3v) is 2.44. The molecule has 0 aliphatic carbocycles. The van der Waals surface area contributed by atoms with E-state index in [0.717, 1.165) is 16.9 Å². The number of hydrogen-bond acceptors (Lipinski definition) is 3. The van der Waals surface area contributed by atoms with Gasteiger partial charge in [-0.15, -0.1) is 0 Å². The number of aryl methyl sites for hydroxylation is 1. The molecule has 0 aliphatic rings. The van der Waals surface area contributed by atoms with Crippen LogP contribution in [-0.2, 0) is 4.79 Å². The zero-order valence-corrected chi connectivity index (χ0v) is 10.7. The van der Waals surface area contributed by atoms with Crippen LogP contribution >= 0.6 is 0 Å². The molecule has 1 rings (SSSR count). The predicted octanol–water partition coefficient (Wildman–Crippen LogP) is 1.90. The highest BCUT2D eigenvalue weighted by Gasteiger charge is 2.04. The van der Waals surface area contributed by atoms with Gasteiger partial charge in [0.2, 0.25) is 5.91 Å². The van der Waals surface area contributed by atoms with E-state index in [4.69, 9.17) is 5.73 Å². The minimum absolute atomic E-state index is 0.0544. The van der Waals surface area contributed by atoms with Gasteiger partial charge in [0.1, 0.15) is 0 Å². The first-order valence-corrected chi connectivity index (χ1v) is 5.89. The quantitative estimate of drug-likeness (QED) is 0.683. The van der Waals surface area contributed by atoms with E-state index in [1.165, 1.54) is 0 Å². The van der Waals surface area contributed by atoms with Crippen LogP contribution in [0.4, 0.5) is 11.4 Å². The van der Waals surface area contributed by atoms with Crippen LogP contribution in [0.25, 0.3) is 0 Å². The molecule has 4 N–H and O–H groups in total. The van der Waals surface area contributed by atoms with E-state index in [9.17, 15) is 4.79 Å². The van der Waals surface area contributed by atoms with Gasteiger partial charge in [-0.3, -0.25) is 4.79 Å². The average Bonchev–Trinajstić information content (AvgIpc) is 2.23. The molecule has 94 valence electrons. The van der Waals surface area contributed by atoms with E-state index in [-0.39, 0.29) is 11.9 Å². The highest BCUT2D eigenvalue weighted by Crippen LogP contribution is 2.21. The second-order valence-electron chi connectivity index (χ2n) is 4.44. The lowest BCUT2D eigenvalue weighted by molar-refractivity contribution is -0.121. The summed E-state index contributed by atoms with van der Waals surface area (Å²) in [5, 5.41) is 6.02. The highest BCUT2D eigenvalue weighted by atomic mass is 16.1. The second kappa shape index (κ2) is 6.13. The minimum atomic E-state index is 0.0544. The monoisotopic (exact) mass is 235 g/mol. The summed E-state index contributed by atoms with van der Waals surface area (Å²) in [5.74, 6) is 0.0544. The fraction of sp³-hybridized carbons (Fsp3) is 0.462. The molecule has 0 saturated heterocycles. The molecule has 0 saturated carbocycles. The van der Waals surface area contributed by atoms with E-state index in [0.29, 0.717) is 13.0 Å². The first kappa shape index (κ1) is 13.4. The van der Waals surface area contributed by atoms with Crippen LogP contribution in [0.5, 0.6) is 0 Å². The number of rotatable bonds is 5. The van der Waals surface area contributed by atoms with Gasteiger partial charge >= 0.3 is 0 Å². The van der Waals surface area contributed by atoms with Gasteiger partial charge in [-0.2, -0.15) is 0 Å². The molecule has 0 aliphatic heterocycles. The van der Waals surface area contributed by atoms with Crippen molar-refractivity contribution in [2.24, 2.45) is 0 Å². The van der Waals surface area contributed by atoms with Crippen LogP contribution in [0.15, 0.2) is 18.2 Å². The molecule has 1 amide bonds. The van der Waals surface area contributed by atoms with Crippen LogP contribution in [0, 0.1) is 6.92 Å². The molecule has 0 atom stereocenters. The summed E-state index contributed by atoms with van der Waals surface area (Å²) >= 11 is 0. The Morgan fingerprint density at radius 2 is 2.12 bits per heavy atom. The normalized spacial score (nSPS) is 10.4. The summed E-state index contributed by atoms with van der Waals surface area (Å²) < 4.78 is 0. The molecule has 0 heterocycles. The summed E-state index contributed by atoms with van der Waals surface area (Å²) in [6, 6.07) is 6.02. The van der Waals surface area contributed by atoms with Crippen molar-refractivity contribution < 1.29 is 4.79 Å². The Bertz CT molecular complexity index is 388. The number of carbonyl (C=O) groups excluding carboxylic acids is 1. The van der Waals surface area contributed by atoms with Gasteiger partial charge in [-0.1, -0.05) is 12.1 Å². The van der Waals surface area contributed by atoms with Crippen LogP contribution in [0.2, 0.25) is 0 Å². The first-order chi connectivity index (χ1) is 8.00. The number of benzene rings is 1. The summed E-state index contributed by atoms with van der Waals surface area (Å²) in [4.78, 5) is 11.4. The summed E-state index contributed by atoms with van der Waals surface area (Å²) in [6.45, 7) is 6.45. The second-order valence-corrected chi connectivity index (χ2v) is 4.44. The molecule has 4 heteroatoms. The Kier molecular flexibility index (Phi) is 4.82. The number of hydrogen-bond donors (Lipinski definition) is 3. The van der Waals surface area contributed by atoms with Crippen molar-refractivity contribution in [3.05, 3.63) is 23.8 Å². The standard InChI is InChI=1S/C13H21N3O/c1-9(2)16-12(17)7-8-15-11-6-4-5-10(3)13(11)14/h4-6,9,15H,7-8,14H2,1-3H3,(H,16,17). The van der Waals surface area contributed by atoms with Gasteiger partial charge in [-0.05, 0) is 32.4 Å². The topological polar surface area (TPSA) is 67.2 Å². The number of nitrogens with one attached hydrogen (secondary N) is 2. The molecule has 0 spiro atoms. The molecule has 0 bridgehead atoms. The van der Waals surface area contributed by atoms with Crippen molar-refractivity contribution in [2.75, 3.05) is 17.6 Å². The van der Waals surface area contributed by atoms with Gasteiger partial charge < -0.3 is 16.4 Å². The maximum atomic E-state index is 11.4. The molecular formula is C13H21N3O. The van der Waals surface area contributed by atoms with E-state index < -0.39 is 0 Å². The molecule has 0 unspecified atom stereocenters. The fourth-order valence-corrected chi connectivity index (χ4v) is 1.54. The van der Waals surface area contributed by atoms with Crippen LogP contribution in [-0.4, -0.2) is 18.5 Å². The zero-order valence-electron chi connectivity index (χ0n) is 10.7. The van der Waals surface area contributed by atoms with Crippen molar-refractivity contribution in [1.29, 1.82) is 0 Å². The summed E-state index contributed by atoms with van der Waals surface area (Å²) in [6.07, 6.45) is 0.450. The summed E-state index contributed by atoms with van der Waals surface area (Å²) in [5.41, 5.74) is 8.60. The number of amides is 1. The Morgan fingerprint density at radius 1 is 1.41 bits per heavy atom. The van der Waals surface area contributed by atoms with Crippen molar-refractivity contribution >= 4 is 17.3 Å². The molecule has 1 aromatic rings. The van der Waals surface area contributed by atoms with Crippen LogP contribution in [0.3, 0.4) is 0 Å². The smallest absolute Gasteiger partial charge is 0.221 e. The molecule has 17 heavy (non-hydrogen) atoms. The van der Waals surface area contributed by atoms with Crippen molar-refractivity contribution in [3.63, 3.8) is 0 Å². The lowest BCUT2D eigenvalue weighted by Crippen LogP contribution is -2.31. The Morgan fingerprint density at radius 3 is 2.76 bits per heavy atom. The average molecular weight is 235 g/mol. The van der Waals surface area contributed by atoms with Crippen molar-refractivity contribution in [3.8, 4) is 0 Å². The lowest BCUT2D eigenvalue weighted by Gasteiger charge is -2.12. The van der Waals surface area contributed by atoms with Gasteiger partial charge in [0.15, 0.2) is 0 Å². The first-order valence-electron chi connectivity index (χ1n) is 5.89. The van der Waals surface area contributed by atoms with Crippen molar-refractivity contribution in [1.82, 2.24) is 5.32 Å². The molecular weight excluding hydrogens is 214 g/mol. The van der Waals surface area contributed by atoms with Gasteiger partial charge in [0, 0.05) is 19.0 Å². The minimum Gasteiger partial charge on any atom is -0.397 e. The van der Waals surface area contributed by atoms with E-state index in [1.807, 2.05) is 39.0 Å². The largest absolute Gasteiger partial charge is 0.397 e. The Balaban J connectivity index is 2.41. The third-order valence-electron chi connectivity index (χ3n) is 2.44. The highest BCUT2D eigenvalue weighted by molar-refractivity contribution is 5.77.